The number of aryl methyl sites for hydroxylation is 2. The molecule has 0 radical (unpaired) electrons. The first kappa shape index (κ1) is 25.8. The Morgan fingerprint density at radius 1 is 1.00 bits per heavy atom. The fraction of sp³-hybridized carbons (Fsp3) is 0.318. The predicted molar refractivity (Wildman–Crippen MR) is 137 cm³/mol. The van der Waals surface area contributed by atoms with E-state index in [1.165, 1.54) is 6.26 Å². The van der Waals surface area contributed by atoms with Crippen molar-refractivity contribution in [2.45, 2.75) is 38.4 Å². The zero-order valence-corrected chi connectivity index (χ0v) is 21.8. The fourth-order valence-electron chi connectivity index (χ4n) is 3.12. The van der Waals surface area contributed by atoms with E-state index in [9.17, 15) is 8.42 Å². The summed E-state index contributed by atoms with van der Waals surface area (Å²) in [6, 6.07) is 15.4. The molecule has 0 aliphatic carbocycles. The van der Waals surface area contributed by atoms with Gasteiger partial charge < -0.3 is 15.2 Å². The summed E-state index contributed by atoms with van der Waals surface area (Å²) < 4.78 is 25.6. The van der Waals surface area contributed by atoms with Crippen molar-refractivity contribution in [3.63, 3.8) is 0 Å². The average Bonchev–Trinajstić information content (AvgIpc) is 3.05. The van der Waals surface area contributed by atoms with Crippen LogP contribution in [0, 0.1) is 13.8 Å². The van der Waals surface area contributed by atoms with E-state index in [1.54, 1.807) is 19.1 Å². The number of hydrogen-bond donors (Lipinski definition) is 2. The highest BCUT2D eigenvalue weighted by molar-refractivity contribution is 14.0. The Hall–Kier alpha value is -2.47. The lowest BCUT2D eigenvalue weighted by molar-refractivity contribution is 0.601. The van der Waals surface area contributed by atoms with Gasteiger partial charge in [0.05, 0.1) is 18.0 Å². The van der Waals surface area contributed by atoms with Gasteiger partial charge in [-0.3, -0.25) is 0 Å². The fourth-order valence-corrected chi connectivity index (χ4v) is 4.08. The molecule has 10 heteroatoms. The van der Waals surface area contributed by atoms with Gasteiger partial charge in [-0.25, -0.2) is 13.4 Å². The Bertz CT molecular complexity index is 1180. The molecule has 1 heterocycles. The molecule has 172 valence electrons. The van der Waals surface area contributed by atoms with Crippen molar-refractivity contribution in [3.05, 3.63) is 76.9 Å². The van der Waals surface area contributed by atoms with Gasteiger partial charge in [-0.15, -0.1) is 34.2 Å². The SMILES string of the molecule is Cc1cc(CN=C(NCc2ccccc2)NCc2nnc(C)n2C)ccc1S(C)(=O)=O.I. The van der Waals surface area contributed by atoms with Gasteiger partial charge in [0.1, 0.15) is 5.82 Å². The van der Waals surface area contributed by atoms with E-state index in [0.717, 1.165) is 28.3 Å². The maximum Gasteiger partial charge on any atom is 0.192 e. The third kappa shape index (κ3) is 7.02. The first-order valence-corrected chi connectivity index (χ1v) is 11.8. The molecule has 0 spiro atoms. The molecule has 0 unspecified atom stereocenters. The molecule has 0 amide bonds. The number of benzene rings is 2. The van der Waals surface area contributed by atoms with Crippen LogP contribution in [0.2, 0.25) is 0 Å². The third-order valence-electron chi connectivity index (χ3n) is 4.96. The van der Waals surface area contributed by atoms with Gasteiger partial charge in [-0.1, -0.05) is 42.5 Å². The minimum Gasteiger partial charge on any atom is -0.352 e. The minimum absolute atomic E-state index is 0. The van der Waals surface area contributed by atoms with Gasteiger partial charge in [-0.2, -0.15) is 0 Å². The van der Waals surface area contributed by atoms with E-state index in [0.29, 0.717) is 30.5 Å². The van der Waals surface area contributed by atoms with Crippen LogP contribution in [0.4, 0.5) is 0 Å². The number of aromatic nitrogens is 3. The Labute approximate surface area is 206 Å². The summed E-state index contributed by atoms with van der Waals surface area (Å²) >= 11 is 0. The van der Waals surface area contributed by atoms with E-state index in [4.69, 9.17) is 0 Å². The number of rotatable bonds is 7. The molecule has 8 nitrogen and oxygen atoms in total. The largest absolute Gasteiger partial charge is 0.352 e. The monoisotopic (exact) mass is 568 g/mol. The van der Waals surface area contributed by atoms with Crippen molar-refractivity contribution in [2.24, 2.45) is 12.0 Å². The zero-order valence-electron chi connectivity index (χ0n) is 18.7. The molecule has 2 N–H and O–H groups in total. The number of nitrogens with zero attached hydrogens (tertiary/aromatic N) is 4. The van der Waals surface area contributed by atoms with Crippen molar-refractivity contribution >= 4 is 39.8 Å². The van der Waals surface area contributed by atoms with Crippen LogP contribution in [0.25, 0.3) is 0 Å². The second-order valence-electron chi connectivity index (χ2n) is 7.45. The number of nitrogens with one attached hydrogen (secondary N) is 2. The summed E-state index contributed by atoms with van der Waals surface area (Å²) in [4.78, 5) is 5.03. The Morgan fingerprint density at radius 3 is 2.28 bits per heavy atom. The maximum absolute atomic E-state index is 11.8. The summed E-state index contributed by atoms with van der Waals surface area (Å²) in [5.41, 5.74) is 2.79. The van der Waals surface area contributed by atoms with Crippen LogP contribution in [0.1, 0.15) is 28.3 Å². The molecule has 2 aromatic carbocycles. The molecule has 0 aliphatic rings. The molecule has 1 aromatic heterocycles. The lowest BCUT2D eigenvalue weighted by atomic mass is 10.1. The lowest BCUT2D eigenvalue weighted by Crippen LogP contribution is -2.37. The second kappa shape index (κ2) is 11.4. The molecule has 0 aliphatic heterocycles. The van der Waals surface area contributed by atoms with Crippen LogP contribution in [0.5, 0.6) is 0 Å². The normalized spacial score (nSPS) is 11.7. The van der Waals surface area contributed by atoms with Crippen molar-refractivity contribution in [3.8, 4) is 0 Å². The number of halogens is 1. The van der Waals surface area contributed by atoms with Gasteiger partial charge in [0.2, 0.25) is 0 Å². The maximum atomic E-state index is 11.8. The number of guanidine groups is 1. The smallest absolute Gasteiger partial charge is 0.192 e. The topological polar surface area (TPSA) is 101 Å². The molecule has 3 aromatic rings. The number of sulfone groups is 1. The second-order valence-corrected chi connectivity index (χ2v) is 9.44. The van der Waals surface area contributed by atoms with Crippen molar-refractivity contribution < 1.29 is 8.42 Å². The summed E-state index contributed by atoms with van der Waals surface area (Å²) in [7, 11) is -1.31. The molecule has 3 rings (SSSR count). The van der Waals surface area contributed by atoms with Gasteiger partial charge in [0.25, 0.3) is 0 Å². The van der Waals surface area contributed by atoms with E-state index < -0.39 is 9.84 Å². The molecular weight excluding hydrogens is 539 g/mol. The molecule has 0 bridgehead atoms. The predicted octanol–water partition coefficient (Wildman–Crippen LogP) is 2.89. The Balaban J connectivity index is 0.00000363. The van der Waals surface area contributed by atoms with Gasteiger partial charge >= 0.3 is 0 Å². The van der Waals surface area contributed by atoms with Crippen molar-refractivity contribution in [2.75, 3.05) is 6.26 Å². The Morgan fingerprint density at radius 2 is 1.69 bits per heavy atom. The summed E-state index contributed by atoms with van der Waals surface area (Å²) in [5.74, 6) is 2.28. The number of aliphatic imine (C=N–C) groups is 1. The third-order valence-corrected chi connectivity index (χ3v) is 6.22. The van der Waals surface area contributed by atoms with Crippen molar-refractivity contribution in [1.82, 2.24) is 25.4 Å². The highest BCUT2D eigenvalue weighted by Crippen LogP contribution is 2.17. The molecule has 0 fully saturated rings. The number of hydrogen-bond acceptors (Lipinski definition) is 5. The zero-order chi connectivity index (χ0) is 22.4. The van der Waals surface area contributed by atoms with Crippen LogP contribution in [0.3, 0.4) is 0 Å². The molecule has 0 atom stereocenters. The lowest BCUT2D eigenvalue weighted by Gasteiger charge is -2.13. The summed E-state index contributed by atoms with van der Waals surface area (Å²) in [6.45, 7) is 5.21. The van der Waals surface area contributed by atoms with E-state index >= 15 is 0 Å². The molecule has 32 heavy (non-hydrogen) atoms. The quantitative estimate of drug-likeness (QED) is 0.258. The van der Waals surface area contributed by atoms with Crippen LogP contribution < -0.4 is 10.6 Å². The van der Waals surface area contributed by atoms with Crippen molar-refractivity contribution in [1.29, 1.82) is 0 Å². The average molecular weight is 568 g/mol. The Kier molecular flexibility index (Phi) is 9.20. The molecular formula is C22H29IN6O2S. The van der Waals surface area contributed by atoms with Gasteiger partial charge in [-0.05, 0) is 36.6 Å². The molecule has 0 saturated carbocycles. The molecule has 0 saturated heterocycles. The summed E-state index contributed by atoms with van der Waals surface area (Å²) in [6.07, 6.45) is 1.22. The van der Waals surface area contributed by atoms with E-state index in [1.807, 2.05) is 54.9 Å². The highest BCUT2D eigenvalue weighted by atomic mass is 127. The van der Waals surface area contributed by atoms with Crippen LogP contribution in [-0.2, 0) is 36.5 Å². The van der Waals surface area contributed by atoms with Crippen LogP contribution in [-0.4, -0.2) is 35.4 Å². The first-order valence-electron chi connectivity index (χ1n) is 9.94. The van der Waals surface area contributed by atoms with E-state index in [2.05, 4.69) is 25.8 Å². The van der Waals surface area contributed by atoms with Crippen LogP contribution >= 0.6 is 24.0 Å². The van der Waals surface area contributed by atoms with E-state index in [-0.39, 0.29) is 24.0 Å². The summed E-state index contributed by atoms with van der Waals surface area (Å²) in [5, 5.41) is 14.9. The van der Waals surface area contributed by atoms with Gasteiger partial charge in [0, 0.05) is 19.8 Å². The van der Waals surface area contributed by atoms with Crippen LogP contribution in [0.15, 0.2) is 58.4 Å². The first-order chi connectivity index (χ1) is 14.7. The van der Waals surface area contributed by atoms with Gasteiger partial charge in [0.15, 0.2) is 21.6 Å². The minimum atomic E-state index is -3.24. The standard InChI is InChI=1S/C22H28N6O2S.HI/c1-16-12-19(10-11-20(16)31(4,29)30)14-24-22(23-13-18-8-6-5-7-9-18)25-15-21-27-26-17(2)28(21)3;/h5-12H,13-15H2,1-4H3,(H2,23,24,25);1H. The highest BCUT2D eigenvalue weighted by Gasteiger charge is 2.11.